The van der Waals surface area contributed by atoms with Crippen LogP contribution in [-0.2, 0) is 0 Å². The molecule has 0 spiro atoms. The van der Waals surface area contributed by atoms with Gasteiger partial charge in [-0.25, -0.2) is 0 Å². The second-order valence-corrected chi connectivity index (χ2v) is 2.16. The molecule has 0 saturated heterocycles. The molecule has 0 unspecified atom stereocenters. The minimum Gasteiger partial charge on any atom is -0.393 e. The van der Waals surface area contributed by atoms with E-state index in [0.717, 1.165) is 0 Å². The number of aliphatic hydroxyl groups excluding tert-OH is 1. The molecule has 3 nitrogen and oxygen atoms in total. The first-order valence-corrected chi connectivity index (χ1v) is 3.17. The summed E-state index contributed by atoms with van der Waals surface area (Å²) in [6, 6.07) is 0. The molecule has 0 aliphatic rings. The summed E-state index contributed by atoms with van der Waals surface area (Å²) in [5, 5.41) is 8.81. The van der Waals surface area contributed by atoms with Crippen molar-refractivity contribution in [2.75, 3.05) is 0 Å². The Morgan fingerprint density at radius 1 is 1.90 bits per heavy atom. The van der Waals surface area contributed by atoms with Gasteiger partial charge in [0.15, 0.2) is 0 Å². The third kappa shape index (κ3) is 5.34. The summed E-state index contributed by atoms with van der Waals surface area (Å²) < 4.78 is 0. The van der Waals surface area contributed by atoms with Crippen LogP contribution in [0.3, 0.4) is 0 Å². The molecule has 0 bridgehead atoms. The Morgan fingerprint density at radius 3 is 2.90 bits per heavy atom. The van der Waals surface area contributed by atoms with Crippen LogP contribution in [0.15, 0.2) is 24.4 Å². The fourth-order valence-electron chi connectivity index (χ4n) is 0.455. The molecule has 0 aromatic heterocycles. The molecule has 0 aromatic rings. The van der Waals surface area contributed by atoms with Gasteiger partial charge in [-0.1, -0.05) is 12.7 Å². The lowest BCUT2D eigenvalue weighted by Gasteiger charge is -1.97. The van der Waals surface area contributed by atoms with E-state index in [9.17, 15) is 0 Å². The van der Waals surface area contributed by atoms with E-state index in [1.165, 1.54) is 0 Å². The molecule has 0 radical (unpaired) electrons. The number of hydrazine groups is 1. The third-order valence-corrected chi connectivity index (χ3v) is 0.982. The average molecular weight is 142 g/mol. The van der Waals surface area contributed by atoms with Gasteiger partial charge in [0.1, 0.15) is 0 Å². The Kier molecular flexibility index (Phi) is 4.62. The molecule has 0 fully saturated rings. The van der Waals surface area contributed by atoms with Crippen LogP contribution in [-0.4, -0.2) is 11.2 Å². The van der Waals surface area contributed by atoms with Gasteiger partial charge in [0, 0.05) is 5.70 Å². The highest BCUT2D eigenvalue weighted by Crippen LogP contribution is 1.92. The average Bonchev–Trinajstić information content (AvgIpc) is 1.87. The predicted octanol–water partition coefficient (Wildman–Crippen LogP) is 0.290. The number of rotatable bonds is 4. The van der Waals surface area contributed by atoms with Gasteiger partial charge in [-0.05, 0) is 19.4 Å². The van der Waals surface area contributed by atoms with Crippen LogP contribution >= 0.6 is 0 Å². The Balaban J connectivity index is 3.46. The largest absolute Gasteiger partial charge is 0.393 e. The molecule has 0 heterocycles. The zero-order valence-corrected chi connectivity index (χ0v) is 6.17. The first-order chi connectivity index (χ1) is 4.66. The molecule has 0 rings (SSSR count). The predicted molar refractivity (Wildman–Crippen MR) is 41.9 cm³/mol. The van der Waals surface area contributed by atoms with Crippen molar-refractivity contribution in [3.63, 3.8) is 0 Å². The molecule has 1 atom stereocenters. The van der Waals surface area contributed by atoms with Crippen molar-refractivity contribution in [3.8, 4) is 0 Å². The smallest absolute Gasteiger partial charge is 0.0546 e. The number of nitrogens with one attached hydrogen (secondary N) is 1. The molecule has 3 heteroatoms. The van der Waals surface area contributed by atoms with Crippen molar-refractivity contribution in [1.82, 2.24) is 5.43 Å². The van der Waals surface area contributed by atoms with Gasteiger partial charge >= 0.3 is 0 Å². The number of nitrogens with two attached hydrogens (primary N) is 1. The minimum absolute atomic E-state index is 0.304. The van der Waals surface area contributed by atoms with Crippen LogP contribution < -0.4 is 11.3 Å². The van der Waals surface area contributed by atoms with Crippen LogP contribution in [0.1, 0.15) is 13.3 Å². The monoisotopic (exact) mass is 142 g/mol. The van der Waals surface area contributed by atoms with Gasteiger partial charge < -0.3 is 10.5 Å². The molecular weight excluding hydrogens is 128 g/mol. The maximum atomic E-state index is 8.81. The van der Waals surface area contributed by atoms with Gasteiger partial charge in [-0.3, -0.25) is 5.84 Å². The molecule has 0 amide bonds. The summed E-state index contributed by atoms with van der Waals surface area (Å²) in [4.78, 5) is 0. The Bertz CT molecular complexity index is 130. The lowest BCUT2D eigenvalue weighted by molar-refractivity contribution is 0.198. The zero-order chi connectivity index (χ0) is 7.98. The van der Waals surface area contributed by atoms with Crippen molar-refractivity contribution in [2.24, 2.45) is 5.84 Å². The highest BCUT2D eigenvalue weighted by atomic mass is 16.3. The lowest BCUT2D eigenvalue weighted by atomic mass is 10.2. The highest BCUT2D eigenvalue weighted by Gasteiger charge is 1.88. The van der Waals surface area contributed by atoms with E-state index in [0.29, 0.717) is 12.1 Å². The van der Waals surface area contributed by atoms with Gasteiger partial charge in [0.2, 0.25) is 0 Å². The lowest BCUT2D eigenvalue weighted by Crippen LogP contribution is -2.18. The summed E-state index contributed by atoms with van der Waals surface area (Å²) in [5.41, 5.74) is 3.02. The van der Waals surface area contributed by atoms with Crippen LogP contribution in [0.2, 0.25) is 0 Å². The second-order valence-electron chi connectivity index (χ2n) is 2.16. The minimum atomic E-state index is -0.304. The first kappa shape index (κ1) is 9.20. The van der Waals surface area contributed by atoms with Crippen LogP contribution in [0.5, 0.6) is 0 Å². The van der Waals surface area contributed by atoms with Gasteiger partial charge in [0.05, 0.1) is 6.10 Å². The maximum absolute atomic E-state index is 8.81. The third-order valence-electron chi connectivity index (χ3n) is 0.982. The molecule has 10 heavy (non-hydrogen) atoms. The van der Waals surface area contributed by atoms with Crippen molar-refractivity contribution in [1.29, 1.82) is 0 Å². The fourth-order valence-corrected chi connectivity index (χ4v) is 0.455. The van der Waals surface area contributed by atoms with E-state index in [2.05, 4.69) is 12.0 Å². The van der Waals surface area contributed by atoms with E-state index in [1.54, 1.807) is 13.0 Å². The summed E-state index contributed by atoms with van der Waals surface area (Å²) in [5.74, 6) is 5.03. The van der Waals surface area contributed by atoms with Crippen LogP contribution in [0.25, 0.3) is 0 Å². The molecule has 0 aliphatic carbocycles. The Hall–Kier alpha value is -0.800. The van der Waals surface area contributed by atoms with Crippen molar-refractivity contribution >= 4 is 0 Å². The molecule has 58 valence electrons. The zero-order valence-electron chi connectivity index (χ0n) is 6.17. The number of hydrogen-bond donors (Lipinski definition) is 3. The number of aliphatic hydroxyl groups is 1. The van der Waals surface area contributed by atoms with E-state index in [-0.39, 0.29) is 6.10 Å². The summed E-state index contributed by atoms with van der Waals surface area (Å²) in [6.07, 6.45) is 3.86. The first-order valence-electron chi connectivity index (χ1n) is 3.17. The summed E-state index contributed by atoms with van der Waals surface area (Å²) in [6.45, 7) is 5.29. The van der Waals surface area contributed by atoms with Crippen molar-refractivity contribution < 1.29 is 5.11 Å². The molecule has 0 aromatic carbocycles. The molecule has 0 aliphatic heterocycles. The number of hydrogen-bond acceptors (Lipinski definition) is 3. The van der Waals surface area contributed by atoms with E-state index in [4.69, 9.17) is 10.9 Å². The molecule has 0 saturated carbocycles. The highest BCUT2D eigenvalue weighted by molar-refractivity contribution is 5.10. The topological polar surface area (TPSA) is 58.3 Å². The number of allylic oxidation sites excluding steroid dienone is 1. The van der Waals surface area contributed by atoms with Crippen LogP contribution in [0, 0.1) is 0 Å². The van der Waals surface area contributed by atoms with Gasteiger partial charge in [-0.15, -0.1) is 0 Å². The van der Waals surface area contributed by atoms with Crippen LogP contribution in [0.4, 0.5) is 0 Å². The standard InChI is InChI=1S/C7H14N2O/c1-6(9-8)4-3-5-7(2)10/h3-4,7,9-10H,1,5,8H2,2H3/b4-3-/t7-/m1/s1. The van der Waals surface area contributed by atoms with Crippen molar-refractivity contribution in [3.05, 3.63) is 24.4 Å². The van der Waals surface area contributed by atoms with E-state index >= 15 is 0 Å². The molecule has 4 N–H and O–H groups in total. The van der Waals surface area contributed by atoms with Gasteiger partial charge in [0.25, 0.3) is 0 Å². The maximum Gasteiger partial charge on any atom is 0.0546 e. The normalized spacial score (nSPS) is 13.5. The van der Waals surface area contributed by atoms with E-state index < -0.39 is 0 Å². The second kappa shape index (κ2) is 5.02. The Labute approximate surface area is 61.2 Å². The van der Waals surface area contributed by atoms with Crippen molar-refractivity contribution in [2.45, 2.75) is 19.4 Å². The summed E-state index contributed by atoms with van der Waals surface area (Å²) >= 11 is 0. The fraction of sp³-hybridized carbons (Fsp3) is 0.429. The summed E-state index contributed by atoms with van der Waals surface area (Å²) in [7, 11) is 0. The SMILES string of the molecule is C=C(/C=C\C[C@@H](C)O)NN. The quantitative estimate of drug-likeness (QED) is 0.300. The van der Waals surface area contributed by atoms with E-state index in [1.807, 2.05) is 6.08 Å². The molecular formula is C7H14N2O. The van der Waals surface area contributed by atoms with Gasteiger partial charge in [-0.2, -0.15) is 0 Å². The Morgan fingerprint density at radius 2 is 2.50 bits per heavy atom.